The van der Waals surface area contributed by atoms with Gasteiger partial charge in [0.15, 0.2) is 0 Å². The van der Waals surface area contributed by atoms with E-state index in [0.29, 0.717) is 5.02 Å². The number of nitrogens with one attached hydrogen (secondary N) is 1. The van der Waals surface area contributed by atoms with Crippen LogP contribution in [0, 0.1) is 6.92 Å². The predicted octanol–water partition coefficient (Wildman–Crippen LogP) is 4.96. The molecule has 0 fully saturated rings. The van der Waals surface area contributed by atoms with E-state index >= 15 is 0 Å². The van der Waals surface area contributed by atoms with Crippen LogP contribution in [0.4, 0.5) is 11.4 Å². The monoisotopic (exact) mass is 328 g/mol. The molecule has 0 radical (unpaired) electrons. The van der Waals surface area contributed by atoms with E-state index < -0.39 is 0 Å². The van der Waals surface area contributed by atoms with E-state index in [0.717, 1.165) is 39.5 Å². The summed E-state index contributed by atoms with van der Waals surface area (Å²) in [4.78, 5) is 4.57. The van der Waals surface area contributed by atoms with E-state index in [9.17, 15) is 0 Å². The molecule has 0 aliphatic carbocycles. The normalized spacial score (nSPS) is 10.6. The van der Waals surface area contributed by atoms with Crippen LogP contribution in [0.25, 0.3) is 10.9 Å². The Hall–Kier alpha value is -2.46. The summed E-state index contributed by atoms with van der Waals surface area (Å²) in [7, 11) is 3.28. The van der Waals surface area contributed by atoms with Crippen molar-refractivity contribution in [2.75, 3.05) is 19.5 Å². The number of ether oxygens (including phenoxy) is 2. The SMILES string of the molecule is COc1ccc2c(Nc3cc(Cl)ccc3OC)cc(C)nc2c1. The fourth-order valence-corrected chi connectivity index (χ4v) is 2.67. The van der Waals surface area contributed by atoms with Gasteiger partial charge in [0.2, 0.25) is 0 Å². The molecule has 1 aromatic heterocycles. The summed E-state index contributed by atoms with van der Waals surface area (Å²) in [6.45, 7) is 1.96. The van der Waals surface area contributed by atoms with Crippen LogP contribution in [0.5, 0.6) is 11.5 Å². The highest BCUT2D eigenvalue weighted by Gasteiger charge is 2.09. The Morgan fingerprint density at radius 3 is 2.52 bits per heavy atom. The van der Waals surface area contributed by atoms with Gasteiger partial charge in [0.05, 0.1) is 25.4 Å². The number of benzene rings is 2. The second-order valence-electron chi connectivity index (χ2n) is 5.16. The molecule has 3 aromatic rings. The first-order valence-electron chi connectivity index (χ1n) is 7.16. The van der Waals surface area contributed by atoms with Crippen LogP contribution in [-0.4, -0.2) is 19.2 Å². The molecule has 23 heavy (non-hydrogen) atoms. The van der Waals surface area contributed by atoms with Crippen LogP contribution in [0.1, 0.15) is 5.69 Å². The molecule has 1 heterocycles. The van der Waals surface area contributed by atoms with Gasteiger partial charge in [-0.15, -0.1) is 0 Å². The van der Waals surface area contributed by atoms with Gasteiger partial charge in [0.25, 0.3) is 0 Å². The Kier molecular flexibility index (Phi) is 4.26. The van der Waals surface area contributed by atoms with Gasteiger partial charge in [-0.3, -0.25) is 4.98 Å². The van der Waals surface area contributed by atoms with Crippen LogP contribution in [0.15, 0.2) is 42.5 Å². The first-order chi connectivity index (χ1) is 11.1. The van der Waals surface area contributed by atoms with Crippen molar-refractivity contribution in [2.24, 2.45) is 0 Å². The number of hydrogen-bond acceptors (Lipinski definition) is 4. The molecule has 0 unspecified atom stereocenters. The smallest absolute Gasteiger partial charge is 0.142 e. The Bertz CT molecular complexity index is 865. The Balaban J connectivity index is 2.11. The molecule has 2 aromatic carbocycles. The molecule has 0 aliphatic rings. The quantitative estimate of drug-likeness (QED) is 0.735. The van der Waals surface area contributed by atoms with Crippen LogP contribution >= 0.6 is 11.6 Å². The fraction of sp³-hybridized carbons (Fsp3) is 0.167. The van der Waals surface area contributed by atoms with Crippen molar-refractivity contribution in [3.8, 4) is 11.5 Å². The van der Waals surface area contributed by atoms with E-state index in [4.69, 9.17) is 21.1 Å². The standard InChI is InChI=1S/C18H17ClN2O2/c1-11-8-15(14-6-5-13(22-2)10-16(14)20-11)21-17-9-12(19)4-7-18(17)23-3/h4-10H,1-3H3,(H,20,21). The van der Waals surface area contributed by atoms with Gasteiger partial charge in [-0.1, -0.05) is 11.6 Å². The number of hydrogen-bond donors (Lipinski definition) is 1. The average molecular weight is 329 g/mol. The van der Waals surface area contributed by atoms with Crippen LogP contribution < -0.4 is 14.8 Å². The van der Waals surface area contributed by atoms with Crippen LogP contribution in [0.3, 0.4) is 0 Å². The molecular weight excluding hydrogens is 312 g/mol. The number of halogens is 1. The Morgan fingerprint density at radius 2 is 1.78 bits per heavy atom. The molecule has 0 amide bonds. The van der Waals surface area contributed by atoms with Gasteiger partial charge in [-0.25, -0.2) is 0 Å². The zero-order valence-electron chi connectivity index (χ0n) is 13.2. The summed E-state index contributed by atoms with van der Waals surface area (Å²) in [5.41, 5.74) is 3.53. The summed E-state index contributed by atoms with van der Waals surface area (Å²) in [5.74, 6) is 1.51. The second kappa shape index (κ2) is 6.34. The molecule has 0 aliphatic heterocycles. The van der Waals surface area contributed by atoms with Crippen LogP contribution in [0.2, 0.25) is 5.02 Å². The first kappa shape index (κ1) is 15.4. The maximum atomic E-state index is 6.10. The number of rotatable bonds is 4. The molecule has 0 saturated heterocycles. The average Bonchev–Trinajstić information content (AvgIpc) is 2.54. The summed E-state index contributed by atoms with van der Waals surface area (Å²) in [6, 6.07) is 13.3. The van der Waals surface area contributed by atoms with Crippen molar-refractivity contribution in [1.29, 1.82) is 0 Å². The van der Waals surface area contributed by atoms with E-state index in [2.05, 4.69) is 10.3 Å². The molecule has 0 bridgehead atoms. The number of fused-ring (bicyclic) bond motifs is 1. The molecule has 0 atom stereocenters. The van der Waals surface area contributed by atoms with Crippen molar-refractivity contribution >= 4 is 33.9 Å². The third-order valence-corrected chi connectivity index (χ3v) is 3.81. The molecule has 3 rings (SSSR count). The zero-order chi connectivity index (χ0) is 16.4. The number of anilines is 2. The lowest BCUT2D eigenvalue weighted by Crippen LogP contribution is -1.97. The first-order valence-corrected chi connectivity index (χ1v) is 7.54. The molecule has 0 saturated carbocycles. The van der Waals surface area contributed by atoms with Gasteiger partial charge < -0.3 is 14.8 Å². The lowest BCUT2D eigenvalue weighted by molar-refractivity contribution is 0.415. The third kappa shape index (κ3) is 3.17. The van der Waals surface area contributed by atoms with E-state index in [1.807, 2.05) is 43.3 Å². The van der Waals surface area contributed by atoms with E-state index in [-0.39, 0.29) is 0 Å². The van der Waals surface area contributed by atoms with Crippen molar-refractivity contribution in [1.82, 2.24) is 4.98 Å². The summed E-state index contributed by atoms with van der Waals surface area (Å²) >= 11 is 6.10. The van der Waals surface area contributed by atoms with Crippen molar-refractivity contribution < 1.29 is 9.47 Å². The molecule has 0 spiro atoms. The minimum absolute atomic E-state index is 0.644. The Labute approximate surface area is 140 Å². The van der Waals surface area contributed by atoms with Gasteiger partial charge >= 0.3 is 0 Å². The molecule has 4 nitrogen and oxygen atoms in total. The second-order valence-corrected chi connectivity index (χ2v) is 5.60. The van der Waals surface area contributed by atoms with Crippen molar-refractivity contribution in [3.05, 3.63) is 53.2 Å². The van der Waals surface area contributed by atoms with Gasteiger partial charge in [0.1, 0.15) is 11.5 Å². The Morgan fingerprint density at radius 1 is 0.957 bits per heavy atom. The predicted molar refractivity (Wildman–Crippen MR) is 94.3 cm³/mol. The summed E-state index contributed by atoms with van der Waals surface area (Å²) < 4.78 is 10.7. The summed E-state index contributed by atoms with van der Waals surface area (Å²) in [5, 5.41) is 5.04. The largest absolute Gasteiger partial charge is 0.497 e. The lowest BCUT2D eigenvalue weighted by Gasteiger charge is -2.14. The van der Waals surface area contributed by atoms with Gasteiger partial charge in [-0.05, 0) is 43.3 Å². The molecule has 118 valence electrons. The zero-order valence-corrected chi connectivity index (χ0v) is 13.9. The number of methoxy groups -OCH3 is 2. The van der Waals surface area contributed by atoms with Gasteiger partial charge in [0, 0.05) is 27.9 Å². The summed E-state index contributed by atoms with van der Waals surface area (Å²) in [6.07, 6.45) is 0. The number of aromatic nitrogens is 1. The third-order valence-electron chi connectivity index (χ3n) is 3.58. The number of pyridine rings is 1. The van der Waals surface area contributed by atoms with E-state index in [1.165, 1.54) is 0 Å². The number of aryl methyl sites for hydroxylation is 1. The maximum absolute atomic E-state index is 6.10. The molecular formula is C18H17ClN2O2. The fourth-order valence-electron chi connectivity index (χ4n) is 2.49. The van der Waals surface area contributed by atoms with Gasteiger partial charge in [-0.2, -0.15) is 0 Å². The maximum Gasteiger partial charge on any atom is 0.142 e. The highest BCUT2D eigenvalue weighted by atomic mass is 35.5. The molecule has 1 N–H and O–H groups in total. The lowest BCUT2D eigenvalue weighted by atomic mass is 10.1. The van der Waals surface area contributed by atoms with E-state index in [1.54, 1.807) is 20.3 Å². The van der Waals surface area contributed by atoms with Crippen molar-refractivity contribution in [3.63, 3.8) is 0 Å². The van der Waals surface area contributed by atoms with Crippen molar-refractivity contribution in [2.45, 2.75) is 6.92 Å². The number of nitrogens with zero attached hydrogens (tertiary/aromatic N) is 1. The highest BCUT2D eigenvalue weighted by Crippen LogP contribution is 2.34. The minimum Gasteiger partial charge on any atom is -0.497 e. The minimum atomic E-state index is 0.644. The van der Waals surface area contributed by atoms with Crippen LogP contribution in [-0.2, 0) is 0 Å². The topological polar surface area (TPSA) is 43.4 Å². The highest BCUT2D eigenvalue weighted by molar-refractivity contribution is 6.31. The molecule has 5 heteroatoms.